The summed E-state index contributed by atoms with van der Waals surface area (Å²) in [5, 5.41) is 0. The van der Waals surface area contributed by atoms with Crippen LogP contribution in [0, 0.1) is 6.92 Å². The largest absolute Gasteiger partial charge is 0.416 e. The second kappa shape index (κ2) is 5.05. The van der Waals surface area contributed by atoms with Gasteiger partial charge in [-0.25, -0.2) is 4.79 Å². The van der Waals surface area contributed by atoms with Crippen molar-refractivity contribution < 1.29 is 13.2 Å². The van der Waals surface area contributed by atoms with Gasteiger partial charge >= 0.3 is 11.9 Å². The van der Waals surface area contributed by atoms with Crippen LogP contribution in [-0.4, -0.2) is 9.55 Å². The van der Waals surface area contributed by atoms with E-state index in [1.807, 2.05) is 25.1 Å². The maximum Gasteiger partial charge on any atom is 0.416 e. The van der Waals surface area contributed by atoms with Gasteiger partial charge in [-0.05, 0) is 36.2 Å². The molecule has 0 saturated carbocycles. The molecule has 3 nitrogen and oxygen atoms in total. The summed E-state index contributed by atoms with van der Waals surface area (Å²) in [6.07, 6.45) is -4.35. The molecule has 0 amide bonds. The zero-order valence-corrected chi connectivity index (χ0v) is 11.7. The number of nitrogens with zero attached hydrogens (tertiary/aromatic N) is 1. The second-order valence-corrected chi connectivity index (χ2v) is 5.18. The number of imidazole rings is 1. The fourth-order valence-corrected chi connectivity index (χ4v) is 2.46. The van der Waals surface area contributed by atoms with Gasteiger partial charge in [0.05, 0.1) is 23.1 Å². The Kier molecular flexibility index (Phi) is 3.31. The van der Waals surface area contributed by atoms with Gasteiger partial charge in [0.25, 0.3) is 0 Å². The van der Waals surface area contributed by atoms with Crippen LogP contribution in [0.15, 0.2) is 47.3 Å². The number of fused-ring (bicyclic) bond motifs is 1. The molecule has 0 fully saturated rings. The topological polar surface area (TPSA) is 37.8 Å². The molecule has 0 unspecified atom stereocenters. The Balaban J connectivity index is 1.99. The molecule has 1 aromatic heterocycles. The standard InChI is InChI=1S/C16H13F3N2O/c1-10-3-2-4-13-14(10)20-15(22)21(13)9-11-5-7-12(8-6-11)16(17,18)19/h2-8H,9H2,1H3,(H,20,22). The average molecular weight is 306 g/mol. The third-order valence-electron chi connectivity index (χ3n) is 3.64. The van der Waals surface area contributed by atoms with Crippen molar-refractivity contribution in [1.29, 1.82) is 0 Å². The first-order valence-corrected chi connectivity index (χ1v) is 6.70. The highest BCUT2D eigenvalue weighted by atomic mass is 19.4. The van der Waals surface area contributed by atoms with Gasteiger partial charge in [-0.1, -0.05) is 24.3 Å². The van der Waals surface area contributed by atoms with Gasteiger partial charge in [-0.3, -0.25) is 4.57 Å². The predicted octanol–water partition coefficient (Wildman–Crippen LogP) is 3.71. The zero-order chi connectivity index (χ0) is 15.9. The Labute approximate surface area is 124 Å². The lowest BCUT2D eigenvalue weighted by molar-refractivity contribution is -0.137. The van der Waals surface area contributed by atoms with E-state index in [1.54, 1.807) is 0 Å². The third kappa shape index (κ3) is 2.52. The summed E-state index contributed by atoms with van der Waals surface area (Å²) in [6.45, 7) is 2.11. The summed E-state index contributed by atoms with van der Waals surface area (Å²) in [5.41, 5.74) is 2.10. The SMILES string of the molecule is Cc1cccc2c1[nH]c(=O)n2Cc1ccc(C(F)(F)F)cc1. The van der Waals surface area contributed by atoms with Crippen LogP contribution in [0.25, 0.3) is 11.0 Å². The van der Waals surface area contributed by atoms with Crippen LogP contribution in [0.3, 0.4) is 0 Å². The van der Waals surface area contributed by atoms with Crippen molar-refractivity contribution in [1.82, 2.24) is 9.55 Å². The van der Waals surface area contributed by atoms with Crippen LogP contribution in [0.4, 0.5) is 13.2 Å². The lowest BCUT2D eigenvalue weighted by Gasteiger charge is -2.08. The van der Waals surface area contributed by atoms with Gasteiger partial charge in [-0.2, -0.15) is 13.2 Å². The molecule has 6 heteroatoms. The van der Waals surface area contributed by atoms with E-state index in [1.165, 1.54) is 16.7 Å². The van der Waals surface area contributed by atoms with Crippen LogP contribution in [0.2, 0.25) is 0 Å². The molecule has 3 aromatic rings. The molecule has 0 aliphatic rings. The maximum absolute atomic E-state index is 12.6. The first-order chi connectivity index (χ1) is 10.4. The molecule has 1 N–H and O–H groups in total. The van der Waals surface area contributed by atoms with Gasteiger partial charge in [-0.15, -0.1) is 0 Å². The molecule has 0 atom stereocenters. The number of hydrogen-bond acceptors (Lipinski definition) is 1. The van der Waals surface area contributed by atoms with Crippen molar-refractivity contribution >= 4 is 11.0 Å². The lowest BCUT2D eigenvalue weighted by atomic mass is 10.1. The second-order valence-electron chi connectivity index (χ2n) is 5.18. The number of benzene rings is 2. The minimum Gasteiger partial charge on any atom is -0.305 e. The summed E-state index contributed by atoms with van der Waals surface area (Å²) in [4.78, 5) is 14.8. The molecular weight excluding hydrogens is 293 g/mol. The van der Waals surface area contributed by atoms with Gasteiger partial charge in [0.15, 0.2) is 0 Å². The maximum atomic E-state index is 12.6. The Morgan fingerprint density at radius 2 is 1.77 bits per heavy atom. The van der Waals surface area contributed by atoms with E-state index in [0.29, 0.717) is 5.56 Å². The van der Waals surface area contributed by atoms with Crippen molar-refractivity contribution in [3.8, 4) is 0 Å². The van der Waals surface area contributed by atoms with Crippen molar-refractivity contribution in [2.45, 2.75) is 19.6 Å². The van der Waals surface area contributed by atoms with Crippen LogP contribution in [0.1, 0.15) is 16.7 Å². The van der Waals surface area contributed by atoms with Crippen LogP contribution in [-0.2, 0) is 12.7 Å². The number of rotatable bonds is 2. The number of halogens is 3. The molecule has 0 radical (unpaired) electrons. The van der Waals surface area contributed by atoms with Gasteiger partial charge in [0, 0.05) is 0 Å². The Morgan fingerprint density at radius 1 is 1.09 bits per heavy atom. The smallest absolute Gasteiger partial charge is 0.305 e. The summed E-state index contributed by atoms with van der Waals surface area (Å²) >= 11 is 0. The number of H-pyrrole nitrogens is 1. The Morgan fingerprint density at radius 3 is 2.41 bits per heavy atom. The number of nitrogens with one attached hydrogen (secondary N) is 1. The van der Waals surface area contributed by atoms with E-state index in [2.05, 4.69) is 4.98 Å². The molecule has 2 aromatic carbocycles. The summed E-state index contributed by atoms with van der Waals surface area (Å²) in [7, 11) is 0. The van der Waals surface area contributed by atoms with E-state index in [-0.39, 0.29) is 12.2 Å². The number of para-hydroxylation sites is 1. The van der Waals surface area contributed by atoms with Gasteiger partial charge in [0.2, 0.25) is 0 Å². The molecule has 0 aliphatic heterocycles. The molecule has 1 heterocycles. The summed E-state index contributed by atoms with van der Waals surface area (Å²) in [6, 6.07) is 10.4. The monoisotopic (exact) mass is 306 g/mol. The molecule has 0 bridgehead atoms. The lowest BCUT2D eigenvalue weighted by Crippen LogP contribution is -2.17. The normalized spacial score (nSPS) is 12.0. The average Bonchev–Trinajstić information content (AvgIpc) is 2.77. The van der Waals surface area contributed by atoms with Crippen molar-refractivity contribution in [2.24, 2.45) is 0 Å². The Bertz CT molecular complexity index is 873. The number of hydrogen-bond donors (Lipinski definition) is 1. The summed E-state index contributed by atoms with van der Waals surface area (Å²) < 4.78 is 39.2. The highest BCUT2D eigenvalue weighted by molar-refractivity contribution is 5.78. The van der Waals surface area contributed by atoms with Gasteiger partial charge in [0.1, 0.15) is 0 Å². The first-order valence-electron chi connectivity index (χ1n) is 6.70. The molecule has 0 spiro atoms. The van der Waals surface area contributed by atoms with E-state index >= 15 is 0 Å². The van der Waals surface area contributed by atoms with E-state index in [0.717, 1.165) is 28.7 Å². The van der Waals surface area contributed by atoms with Crippen LogP contribution < -0.4 is 5.69 Å². The quantitative estimate of drug-likeness (QED) is 0.770. The van der Waals surface area contributed by atoms with Crippen LogP contribution >= 0.6 is 0 Å². The first kappa shape index (κ1) is 14.4. The predicted molar refractivity (Wildman–Crippen MR) is 77.8 cm³/mol. The molecule has 114 valence electrons. The van der Waals surface area contributed by atoms with E-state index in [4.69, 9.17) is 0 Å². The van der Waals surface area contributed by atoms with E-state index < -0.39 is 11.7 Å². The minimum absolute atomic E-state index is 0.223. The molecule has 0 saturated heterocycles. The highest BCUT2D eigenvalue weighted by Gasteiger charge is 2.29. The van der Waals surface area contributed by atoms with Gasteiger partial charge < -0.3 is 4.98 Å². The Hall–Kier alpha value is -2.50. The third-order valence-corrected chi connectivity index (χ3v) is 3.64. The van der Waals surface area contributed by atoms with Crippen molar-refractivity contribution in [3.05, 3.63) is 69.6 Å². The number of aromatic nitrogens is 2. The fraction of sp³-hybridized carbons (Fsp3) is 0.188. The highest BCUT2D eigenvalue weighted by Crippen LogP contribution is 2.29. The summed E-state index contributed by atoms with van der Waals surface area (Å²) in [5.74, 6) is 0. The number of alkyl halides is 3. The van der Waals surface area contributed by atoms with E-state index in [9.17, 15) is 18.0 Å². The van der Waals surface area contributed by atoms with Crippen molar-refractivity contribution in [2.75, 3.05) is 0 Å². The number of aryl methyl sites for hydroxylation is 1. The molecule has 3 rings (SSSR count). The fourth-order valence-electron chi connectivity index (χ4n) is 2.46. The zero-order valence-electron chi connectivity index (χ0n) is 11.7. The van der Waals surface area contributed by atoms with Crippen LogP contribution in [0.5, 0.6) is 0 Å². The molecule has 0 aliphatic carbocycles. The molecule has 22 heavy (non-hydrogen) atoms. The van der Waals surface area contributed by atoms with Crippen molar-refractivity contribution in [3.63, 3.8) is 0 Å². The molecular formula is C16H13F3N2O. The number of aromatic amines is 1. The minimum atomic E-state index is -4.35.